The number of nitrogens with one attached hydrogen (secondary N) is 2. The van der Waals surface area contributed by atoms with E-state index < -0.39 is 61.8 Å². The number of aromatic nitrogens is 2. The Hall–Kier alpha value is -5.34. The average Bonchev–Trinajstić information content (AvgIpc) is 3.63. The van der Waals surface area contributed by atoms with Crippen LogP contribution in [0.1, 0.15) is 76.3 Å². The van der Waals surface area contributed by atoms with Gasteiger partial charge in [-0.1, -0.05) is 66.7 Å². The van der Waals surface area contributed by atoms with Crippen LogP contribution in [-0.4, -0.2) is 91.1 Å². The monoisotopic (exact) mass is 937 g/mol. The van der Waals surface area contributed by atoms with E-state index in [2.05, 4.69) is 14.5 Å². The minimum atomic E-state index is -4.95. The van der Waals surface area contributed by atoms with Crippen LogP contribution in [-0.2, 0) is 28.9 Å². The van der Waals surface area contributed by atoms with Crippen molar-refractivity contribution in [3.8, 4) is 11.5 Å². The Morgan fingerprint density at radius 2 is 1.52 bits per heavy atom. The second kappa shape index (κ2) is 24.4. The topological polar surface area (TPSA) is 147 Å². The fourth-order valence-electron chi connectivity index (χ4n) is 7.96. The molecule has 2 heterocycles. The predicted molar refractivity (Wildman–Crippen MR) is 245 cm³/mol. The Balaban J connectivity index is 1.61. The Kier molecular flexibility index (Phi) is 19.1. The molecule has 2 unspecified atom stereocenters. The number of methoxy groups -OCH3 is 2. The van der Waals surface area contributed by atoms with Crippen molar-refractivity contribution < 1.29 is 46.0 Å². The van der Waals surface area contributed by atoms with Gasteiger partial charge >= 0.3 is 17.8 Å². The first-order chi connectivity index (χ1) is 31.6. The molecule has 0 bridgehead atoms. The number of halogens is 3. The lowest BCUT2D eigenvalue weighted by Crippen LogP contribution is -2.41. The third kappa shape index (κ3) is 13.2. The summed E-state index contributed by atoms with van der Waals surface area (Å²) >= 11 is 0. The quantitative estimate of drug-likeness (QED) is 0.0231. The number of carbonyl (C=O) groups excluding carboxylic acids is 1. The molecule has 5 rings (SSSR count). The molecule has 1 aliphatic heterocycles. The van der Waals surface area contributed by atoms with Crippen LogP contribution in [0.25, 0.3) is 4.85 Å². The lowest BCUT2D eigenvalue weighted by Gasteiger charge is -2.39. The summed E-state index contributed by atoms with van der Waals surface area (Å²) in [6, 6.07) is 26.1. The van der Waals surface area contributed by atoms with Crippen molar-refractivity contribution in [3.05, 3.63) is 152 Å². The SMILES string of the molecule is [C-]#[N+]CCOP(O[C@@H]1C(C/C=C/CCCCNC(=O)C(F)(F)F)[C@H](n2ccc(=O)[nH]c2=O)O[C@@H]1COC(c1ccccc1)(c1ccc(OC)cc1)c1ccc(OC)cc1)N(C(C)C)C(C)C. The first kappa shape index (κ1) is 51.6. The van der Waals surface area contributed by atoms with Gasteiger partial charge in [0.25, 0.3) is 14.1 Å². The van der Waals surface area contributed by atoms with Gasteiger partial charge in [0, 0.05) is 36.8 Å². The molecule has 3 aromatic carbocycles. The summed E-state index contributed by atoms with van der Waals surface area (Å²) < 4.78 is 80.4. The molecule has 0 spiro atoms. The van der Waals surface area contributed by atoms with Gasteiger partial charge in [-0.25, -0.2) is 16.0 Å². The number of allylic oxidation sites excluding steroid dienone is 2. The molecule has 4 aromatic rings. The van der Waals surface area contributed by atoms with E-state index >= 15 is 0 Å². The number of hydrogen-bond donors (Lipinski definition) is 2. The molecule has 0 aliphatic carbocycles. The molecule has 2 N–H and O–H groups in total. The number of benzene rings is 3. The van der Waals surface area contributed by atoms with E-state index in [1.165, 1.54) is 16.8 Å². The number of aromatic amines is 1. The number of unbranched alkanes of at least 4 members (excludes halogenated alkanes) is 2. The van der Waals surface area contributed by atoms with Crippen LogP contribution in [0.5, 0.6) is 11.5 Å². The van der Waals surface area contributed by atoms with Gasteiger partial charge in [0.1, 0.15) is 42.1 Å². The number of hydrogen-bond acceptors (Lipinski definition) is 10. The molecule has 1 fully saturated rings. The van der Waals surface area contributed by atoms with Crippen molar-refractivity contribution in [1.82, 2.24) is 19.5 Å². The Bertz CT molecular complexity index is 2260. The Labute approximate surface area is 384 Å². The molecule has 0 radical (unpaired) electrons. The average molecular weight is 938 g/mol. The predicted octanol–water partition coefficient (Wildman–Crippen LogP) is 8.54. The summed E-state index contributed by atoms with van der Waals surface area (Å²) in [6.45, 7) is 15.5. The van der Waals surface area contributed by atoms with E-state index in [1.54, 1.807) is 14.2 Å². The van der Waals surface area contributed by atoms with Gasteiger partial charge in [-0.15, -0.1) is 0 Å². The molecule has 356 valence electrons. The number of alkyl halides is 3. The van der Waals surface area contributed by atoms with Crippen molar-refractivity contribution in [2.24, 2.45) is 5.92 Å². The van der Waals surface area contributed by atoms with Crippen LogP contribution in [0.15, 0.2) is 113 Å². The highest BCUT2D eigenvalue weighted by atomic mass is 31.2. The number of ether oxygens (including phenoxy) is 4. The molecule has 1 aliphatic rings. The van der Waals surface area contributed by atoms with Crippen molar-refractivity contribution in [3.63, 3.8) is 0 Å². The van der Waals surface area contributed by atoms with Gasteiger partial charge in [0.15, 0.2) is 0 Å². The molecule has 14 nitrogen and oxygen atoms in total. The van der Waals surface area contributed by atoms with Gasteiger partial charge in [0.05, 0.1) is 20.8 Å². The van der Waals surface area contributed by atoms with Gasteiger partial charge in [0.2, 0.25) is 6.54 Å². The third-order valence-corrected chi connectivity index (χ3v) is 13.1. The number of H-pyrrole nitrogens is 1. The maximum Gasteiger partial charge on any atom is 0.471 e. The maximum atomic E-state index is 13.6. The summed E-state index contributed by atoms with van der Waals surface area (Å²) in [5.41, 5.74) is -0.184. The fourth-order valence-corrected chi connectivity index (χ4v) is 9.76. The van der Waals surface area contributed by atoms with E-state index in [1.807, 2.05) is 124 Å². The molecule has 1 aromatic heterocycles. The molecule has 1 amide bonds. The second-order valence-corrected chi connectivity index (χ2v) is 17.5. The van der Waals surface area contributed by atoms with Crippen LogP contribution in [0.2, 0.25) is 0 Å². The van der Waals surface area contributed by atoms with Crippen molar-refractivity contribution in [2.45, 2.75) is 95.7 Å². The highest BCUT2D eigenvalue weighted by Gasteiger charge is 2.50. The van der Waals surface area contributed by atoms with E-state index in [0.717, 1.165) is 16.7 Å². The van der Waals surface area contributed by atoms with E-state index in [4.69, 9.17) is 34.6 Å². The molecular weight excluding hydrogens is 879 g/mol. The van der Waals surface area contributed by atoms with Crippen LogP contribution >= 0.6 is 8.53 Å². The largest absolute Gasteiger partial charge is 0.497 e. The zero-order valence-electron chi connectivity index (χ0n) is 38.0. The number of nitrogens with zero attached hydrogens (tertiary/aromatic N) is 3. The lowest BCUT2D eigenvalue weighted by atomic mass is 9.80. The third-order valence-electron chi connectivity index (χ3n) is 11.0. The van der Waals surface area contributed by atoms with E-state index in [0.29, 0.717) is 30.8 Å². The number of rotatable bonds is 24. The summed E-state index contributed by atoms with van der Waals surface area (Å²) in [4.78, 5) is 43.0. The van der Waals surface area contributed by atoms with Gasteiger partial charge in [-0.2, -0.15) is 13.2 Å². The zero-order chi connectivity index (χ0) is 47.9. The highest BCUT2D eigenvalue weighted by molar-refractivity contribution is 7.44. The first-order valence-electron chi connectivity index (χ1n) is 21.8. The minimum absolute atomic E-state index is 0.0474. The number of amides is 1. The Morgan fingerprint density at radius 3 is 2.06 bits per heavy atom. The molecular formula is C48H59F3N5O9P. The lowest BCUT2D eigenvalue weighted by molar-refractivity contribution is -0.173. The summed E-state index contributed by atoms with van der Waals surface area (Å²) in [5, 5.41) is 1.90. The fraction of sp³-hybridized carbons (Fsp3) is 0.458. The smallest absolute Gasteiger partial charge is 0.471 e. The summed E-state index contributed by atoms with van der Waals surface area (Å²) in [5.74, 6) is -1.29. The van der Waals surface area contributed by atoms with Gasteiger partial charge < -0.3 is 38.2 Å². The molecule has 0 saturated carbocycles. The van der Waals surface area contributed by atoms with Crippen LogP contribution in [0, 0.1) is 12.5 Å². The summed E-state index contributed by atoms with van der Waals surface area (Å²) in [7, 11) is 1.33. The second-order valence-electron chi connectivity index (χ2n) is 16.1. The normalized spacial score (nSPS) is 18.2. The van der Waals surface area contributed by atoms with Crippen molar-refractivity contribution >= 4 is 14.4 Å². The molecule has 18 heteroatoms. The van der Waals surface area contributed by atoms with Crippen LogP contribution in [0.4, 0.5) is 13.2 Å². The summed E-state index contributed by atoms with van der Waals surface area (Å²) in [6.07, 6.45) is -0.889. The van der Waals surface area contributed by atoms with Crippen LogP contribution < -0.4 is 26.0 Å². The molecule has 1 saturated heterocycles. The zero-order valence-corrected chi connectivity index (χ0v) is 38.9. The van der Waals surface area contributed by atoms with E-state index in [-0.39, 0.29) is 44.8 Å². The van der Waals surface area contributed by atoms with E-state index in [9.17, 15) is 27.6 Å². The molecule has 5 atom stereocenters. The number of carbonyl (C=O) groups is 1. The van der Waals surface area contributed by atoms with Crippen molar-refractivity contribution in [1.29, 1.82) is 0 Å². The molecule has 66 heavy (non-hydrogen) atoms. The minimum Gasteiger partial charge on any atom is -0.497 e. The maximum absolute atomic E-state index is 13.6. The van der Waals surface area contributed by atoms with Crippen molar-refractivity contribution in [2.75, 3.05) is 40.5 Å². The standard InChI is InChI=1S/C48H59F3N5O9P/c1-33(2)56(34(3)4)66(63-31-29-52-5)65-43-40(18-14-9-8-10-15-28-53-45(58)48(49,50)51)44(55-30-27-42(57)54-46(55)59)64-41(43)32-62-47(35-16-12-11-13-17-35,36-19-23-38(60-6)24-20-36)37-21-25-39(61-7)26-22-37/h9,11-14,16-17,19-27,30,33-34,40-41,43-44H,8,10,15,18,28-29,31-32H2,1-4,6-7H3,(H,53,58)(H,54,57,59)/b14-9+/t40?,41-,43-,44-,66?/m1/s1. The van der Waals surface area contributed by atoms with Gasteiger partial charge in [-0.3, -0.25) is 19.1 Å². The van der Waals surface area contributed by atoms with Gasteiger partial charge in [-0.05, 0) is 94.3 Å². The van der Waals surface area contributed by atoms with Crippen LogP contribution in [0.3, 0.4) is 0 Å². The first-order valence-corrected chi connectivity index (χ1v) is 22.9. The Morgan fingerprint density at radius 1 is 0.909 bits per heavy atom. The highest BCUT2D eigenvalue weighted by Crippen LogP contribution is 2.52.